The molecule has 6 nitrogen and oxygen atoms in total. The predicted octanol–water partition coefficient (Wildman–Crippen LogP) is 1.82. The summed E-state index contributed by atoms with van der Waals surface area (Å²) in [5, 5.41) is 0. The number of sulfone groups is 1. The third kappa shape index (κ3) is 2.26. The highest BCUT2D eigenvalue weighted by Crippen LogP contribution is 2.65. The molecule has 0 aromatic heterocycles. The van der Waals surface area contributed by atoms with Gasteiger partial charge in [-0.25, -0.2) is 8.42 Å². The van der Waals surface area contributed by atoms with Crippen LogP contribution in [0.15, 0.2) is 41.3 Å². The van der Waals surface area contributed by atoms with Gasteiger partial charge in [-0.3, -0.25) is 9.59 Å². The average Bonchev–Trinajstić information content (AvgIpc) is 3.26. The Morgan fingerprint density at radius 1 is 1.08 bits per heavy atom. The van der Waals surface area contributed by atoms with Gasteiger partial charge < -0.3 is 9.47 Å². The second kappa shape index (κ2) is 6.05. The second-order valence-corrected chi connectivity index (χ2v) is 7.98. The summed E-state index contributed by atoms with van der Waals surface area (Å²) in [4.78, 5) is 24.6. The number of carbonyl (C=O) groups excluding carboxylic acids is 2. The van der Waals surface area contributed by atoms with Crippen LogP contribution in [0, 0.1) is 12.3 Å². The van der Waals surface area contributed by atoms with Crippen molar-refractivity contribution in [3.63, 3.8) is 0 Å². The molecule has 0 N–H and O–H groups in total. The number of rotatable bonds is 5. The molecule has 24 heavy (non-hydrogen) atoms. The summed E-state index contributed by atoms with van der Waals surface area (Å²) in [7, 11) is -1.78. The molecule has 1 aliphatic carbocycles. The largest absolute Gasteiger partial charge is 0.468 e. The van der Waals surface area contributed by atoms with E-state index in [1.54, 1.807) is 19.1 Å². The van der Waals surface area contributed by atoms with E-state index in [4.69, 9.17) is 9.47 Å². The Bertz CT molecular complexity index is 775. The molecule has 130 valence electrons. The number of aryl methyl sites for hydroxylation is 1. The summed E-state index contributed by atoms with van der Waals surface area (Å²) in [5.41, 5.74) is -0.982. The molecule has 0 spiro atoms. The molecule has 0 saturated heterocycles. The van der Waals surface area contributed by atoms with Gasteiger partial charge in [0.1, 0.15) is 4.75 Å². The molecule has 7 heteroatoms. The molecule has 0 amide bonds. The summed E-state index contributed by atoms with van der Waals surface area (Å²) >= 11 is 0. The summed E-state index contributed by atoms with van der Waals surface area (Å²) in [6.45, 7) is 3.46. The maximum Gasteiger partial charge on any atom is 0.325 e. The van der Waals surface area contributed by atoms with Crippen molar-refractivity contribution in [1.82, 2.24) is 0 Å². The minimum atomic E-state index is -4.01. The fourth-order valence-corrected chi connectivity index (χ4v) is 5.35. The summed E-state index contributed by atoms with van der Waals surface area (Å²) in [6.07, 6.45) is 2.68. The van der Waals surface area contributed by atoms with Crippen LogP contribution in [0.4, 0.5) is 0 Å². The van der Waals surface area contributed by atoms with Crippen LogP contribution in [-0.2, 0) is 28.9 Å². The number of hydrogen-bond acceptors (Lipinski definition) is 6. The first-order valence-electron chi connectivity index (χ1n) is 7.35. The number of ether oxygens (including phenoxy) is 2. The maximum absolute atomic E-state index is 13.2. The number of carbonyl (C=O) groups is 2. The standard InChI is InChI=1S/C17H20O6S/c1-5-10-16(11-17(16,14(18)22-3)15(19)23-4)24(20,21)13-8-6-12(2)7-9-13/h5-10H,11H2,1-4H3/b10-5+/t16-/m1/s1. The first-order chi connectivity index (χ1) is 11.2. The second-order valence-electron chi connectivity index (χ2n) is 5.77. The van der Waals surface area contributed by atoms with Crippen LogP contribution in [0.3, 0.4) is 0 Å². The third-order valence-electron chi connectivity index (χ3n) is 4.44. The van der Waals surface area contributed by atoms with Crippen molar-refractivity contribution in [3.05, 3.63) is 42.0 Å². The molecule has 1 atom stereocenters. The van der Waals surface area contributed by atoms with E-state index in [0.29, 0.717) is 0 Å². The molecule has 1 aromatic carbocycles. The lowest BCUT2D eigenvalue weighted by Crippen LogP contribution is -2.40. The summed E-state index contributed by atoms with van der Waals surface area (Å²) in [6, 6.07) is 6.26. The van der Waals surface area contributed by atoms with Crippen molar-refractivity contribution < 1.29 is 27.5 Å². The van der Waals surface area contributed by atoms with E-state index in [-0.39, 0.29) is 11.3 Å². The minimum absolute atomic E-state index is 0.0425. The number of methoxy groups -OCH3 is 2. The van der Waals surface area contributed by atoms with Crippen LogP contribution >= 0.6 is 0 Å². The molecule has 1 aliphatic rings. The van der Waals surface area contributed by atoms with E-state index in [1.165, 1.54) is 24.3 Å². The van der Waals surface area contributed by atoms with Gasteiger partial charge in [-0.1, -0.05) is 29.8 Å². The summed E-state index contributed by atoms with van der Waals surface area (Å²) in [5.74, 6) is -1.83. The van der Waals surface area contributed by atoms with E-state index >= 15 is 0 Å². The van der Waals surface area contributed by atoms with Crippen molar-refractivity contribution >= 4 is 21.8 Å². The molecule has 2 rings (SSSR count). The van der Waals surface area contributed by atoms with Gasteiger partial charge >= 0.3 is 11.9 Å². The maximum atomic E-state index is 13.2. The van der Waals surface area contributed by atoms with Gasteiger partial charge in [0.15, 0.2) is 15.3 Å². The highest BCUT2D eigenvalue weighted by atomic mass is 32.2. The van der Waals surface area contributed by atoms with Crippen molar-refractivity contribution in [2.24, 2.45) is 5.41 Å². The Morgan fingerprint density at radius 3 is 2.00 bits per heavy atom. The lowest BCUT2D eigenvalue weighted by atomic mass is 10.0. The Morgan fingerprint density at radius 2 is 1.58 bits per heavy atom. The monoisotopic (exact) mass is 352 g/mol. The Balaban J connectivity index is 2.68. The number of esters is 2. The van der Waals surface area contributed by atoms with Crippen LogP contribution in [-0.4, -0.2) is 39.3 Å². The van der Waals surface area contributed by atoms with Gasteiger partial charge in [0, 0.05) is 6.42 Å². The molecule has 1 aromatic rings. The van der Waals surface area contributed by atoms with Crippen LogP contribution in [0.25, 0.3) is 0 Å². The van der Waals surface area contributed by atoms with Gasteiger partial charge in [-0.2, -0.15) is 0 Å². The molecule has 0 radical (unpaired) electrons. The van der Waals surface area contributed by atoms with Gasteiger partial charge in [0.2, 0.25) is 0 Å². The zero-order valence-electron chi connectivity index (χ0n) is 14.0. The Kier molecular flexibility index (Phi) is 4.59. The Hall–Kier alpha value is -2.15. The molecular formula is C17H20O6S. The number of allylic oxidation sites excluding steroid dienone is 1. The van der Waals surface area contributed by atoms with E-state index in [0.717, 1.165) is 19.8 Å². The molecule has 0 heterocycles. The molecule has 1 saturated carbocycles. The SMILES string of the molecule is C/C=C/[C@@]1(S(=O)(=O)c2ccc(C)cc2)CC1(C(=O)OC)C(=O)OC. The van der Waals surface area contributed by atoms with Crippen molar-refractivity contribution in [2.45, 2.75) is 29.9 Å². The zero-order valence-corrected chi connectivity index (χ0v) is 14.8. The molecular weight excluding hydrogens is 332 g/mol. The van der Waals surface area contributed by atoms with Crippen molar-refractivity contribution in [1.29, 1.82) is 0 Å². The quantitative estimate of drug-likeness (QED) is 0.456. The normalized spacial score (nSPS) is 22.2. The predicted molar refractivity (Wildman–Crippen MR) is 87.0 cm³/mol. The Labute approximate surface area is 141 Å². The van der Waals surface area contributed by atoms with Gasteiger partial charge in [0.25, 0.3) is 0 Å². The lowest BCUT2D eigenvalue weighted by molar-refractivity contribution is -0.161. The zero-order chi connectivity index (χ0) is 18.2. The van der Waals surface area contributed by atoms with Crippen molar-refractivity contribution in [2.75, 3.05) is 14.2 Å². The molecule has 1 fully saturated rings. The fraction of sp³-hybridized carbons (Fsp3) is 0.412. The van der Waals surface area contributed by atoms with Crippen LogP contribution < -0.4 is 0 Å². The third-order valence-corrected chi connectivity index (χ3v) is 6.92. The lowest BCUT2D eigenvalue weighted by Gasteiger charge is -2.20. The van der Waals surface area contributed by atoms with Gasteiger partial charge in [0.05, 0.1) is 19.1 Å². The van der Waals surface area contributed by atoms with E-state index < -0.39 is 31.9 Å². The highest BCUT2D eigenvalue weighted by Gasteiger charge is 2.83. The molecule has 0 aliphatic heterocycles. The van der Waals surface area contributed by atoms with E-state index in [2.05, 4.69) is 0 Å². The minimum Gasteiger partial charge on any atom is -0.468 e. The van der Waals surface area contributed by atoms with Crippen molar-refractivity contribution in [3.8, 4) is 0 Å². The first kappa shape index (κ1) is 18.2. The van der Waals surface area contributed by atoms with E-state index in [9.17, 15) is 18.0 Å². The molecule has 0 unspecified atom stereocenters. The van der Waals surface area contributed by atoms with Gasteiger partial charge in [-0.15, -0.1) is 0 Å². The van der Waals surface area contributed by atoms with Crippen LogP contribution in [0.2, 0.25) is 0 Å². The first-order valence-corrected chi connectivity index (χ1v) is 8.84. The number of benzene rings is 1. The van der Waals surface area contributed by atoms with Gasteiger partial charge in [-0.05, 0) is 26.0 Å². The highest BCUT2D eigenvalue weighted by molar-refractivity contribution is 7.93. The smallest absolute Gasteiger partial charge is 0.325 e. The molecule has 0 bridgehead atoms. The van der Waals surface area contributed by atoms with Crippen LogP contribution in [0.5, 0.6) is 0 Å². The topological polar surface area (TPSA) is 86.7 Å². The summed E-state index contributed by atoms with van der Waals surface area (Å²) < 4.78 is 34.1. The average molecular weight is 352 g/mol. The number of hydrogen-bond donors (Lipinski definition) is 0. The fourth-order valence-electron chi connectivity index (χ4n) is 3.08. The van der Waals surface area contributed by atoms with Crippen LogP contribution in [0.1, 0.15) is 18.9 Å². The van der Waals surface area contributed by atoms with E-state index in [1.807, 2.05) is 6.92 Å².